The zero-order valence-electron chi connectivity index (χ0n) is 18.4. The molecule has 188 valence electrons. The summed E-state index contributed by atoms with van der Waals surface area (Å²) in [6, 6.07) is 12.8. The van der Waals surface area contributed by atoms with E-state index in [-0.39, 0.29) is 25.9 Å². The van der Waals surface area contributed by atoms with Crippen LogP contribution in [0, 0.1) is 0 Å². The monoisotopic (exact) mass is 566 g/mol. The van der Waals surface area contributed by atoms with Gasteiger partial charge >= 0.3 is 166 Å². The zero-order chi connectivity index (χ0) is 25.6. The average Bonchev–Trinajstić information content (AvgIpc) is 3.32. The zero-order valence-corrected chi connectivity index (χ0v) is 20.1. The number of fused-ring (bicyclic) bond motifs is 1. The Kier molecular flexibility index (Phi) is 6.27. The van der Waals surface area contributed by atoms with Crippen LogP contribution >= 0.6 is 0 Å². The van der Waals surface area contributed by atoms with Crippen LogP contribution < -0.4 is 16.2 Å². The Morgan fingerprint density at radius 3 is 2.53 bits per heavy atom. The van der Waals surface area contributed by atoms with Crippen molar-refractivity contribution < 1.29 is 33.3 Å². The maximum absolute atomic E-state index is 14.3. The van der Waals surface area contributed by atoms with Crippen LogP contribution in [0.4, 0.5) is 13.6 Å². The van der Waals surface area contributed by atoms with Crippen LogP contribution in [0.25, 0.3) is 15.3 Å². The van der Waals surface area contributed by atoms with Gasteiger partial charge in [-0.2, -0.15) is 8.78 Å². The number of hydrogen-bond acceptors (Lipinski definition) is 6. The first-order valence-corrected chi connectivity index (χ1v) is 12.4. The van der Waals surface area contributed by atoms with E-state index in [1.165, 1.54) is 6.08 Å². The van der Waals surface area contributed by atoms with E-state index in [9.17, 15) is 28.3 Å². The Bertz CT molecular complexity index is 1410. The number of carbonyl (C=O) groups is 2. The number of hydrogen-bond donors (Lipinski definition) is 4. The molecule has 3 heterocycles. The Hall–Kier alpha value is -3.35. The van der Waals surface area contributed by atoms with Gasteiger partial charge in [0.05, 0.1) is 6.61 Å². The molecule has 5 rings (SSSR count). The Labute approximate surface area is 208 Å². The number of benzene rings is 2. The van der Waals surface area contributed by atoms with Gasteiger partial charge in [0, 0.05) is 0 Å². The van der Waals surface area contributed by atoms with Crippen molar-refractivity contribution >= 4 is 36.3 Å². The fourth-order valence-corrected chi connectivity index (χ4v) is 6.10. The summed E-state index contributed by atoms with van der Waals surface area (Å²) in [5.41, 5.74) is 0.812. The third kappa shape index (κ3) is 4.14. The van der Waals surface area contributed by atoms with Gasteiger partial charge in [0.15, 0.2) is 6.10 Å². The normalized spacial score (nSPS) is 25.2. The van der Waals surface area contributed by atoms with E-state index in [1.807, 2.05) is 18.2 Å². The average molecular weight is 565 g/mol. The standard InChI is InChI=1S/C23H20F2N4O6Se/c24-23(25)18(31)15(11-30)35-21(23)28-10-9-17(27-22(28)34)26-19(32)12-5-7-13(8-6-12)29-20(33)14-3-1-2-4-16(14)36-29/h1-10,15,17-18,21,30-31H,11H2,(H,26,32)(H,27,34)/t15-,17?,18+,21?/m0/s1. The second-order valence-corrected chi connectivity index (χ2v) is 10.3. The summed E-state index contributed by atoms with van der Waals surface area (Å²) >= 11 is -0.215. The number of halogens is 2. The third-order valence-electron chi connectivity index (χ3n) is 5.91. The number of nitrogens with zero attached hydrogens (tertiary/aromatic N) is 2. The van der Waals surface area contributed by atoms with Crippen LogP contribution in [-0.2, 0) is 4.74 Å². The summed E-state index contributed by atoms with van der Waals surface area (Å²) in [5, 5.41) is 24.4. The predicted octanol–water partition coefficient (Wildman–Crippen LogP) is 0.356. The van der Waals surface area contributed by atoms with Crippen molar-refractivity contribution in [1.82, 2.24) is 19.1 Å². The number of aromatic nitrogens is 1. The molecule has 10 nitrogen and oxygen atoms in total. The van der Waals surface area contributed by atoms with Crippen molar-refractivity contribution in [2.24, 2.45) is 0 Å². The summed E-state index contributed by atoms with van der Waals surface area (Å²) in [7, 11) is 0. The Balaban J connectivity index is 1.27. The van der Waals surface area contributed by atoms with Gasteiger partial charge in [-0.3, -0.25) is 0 Å². The molecule has 0 radical (unpaired) electrons. The first-order chi connectivity index (χ1) is 17.2. The Morgan fingerprint density at radius 2 is 1.89 bits per heavy atom. The number of aliphatic hydroxyl groups is 2. The molecule has 4 N–H and O–H groups in total. The molecule has 4 atom stereocenters. The van der Waals surface area contributed by atoms with Crippen molar-refractivity contribution in [2.45, 2.75) is 30.5 Å². The van der Waals surface area contributed by atoms with Crippen LogP contribution in [0.3, 0.4) is 0 Å². The first kappa shape index (κ1) is 24.3. The number of rotatable bonds is 5. The van der Waals surface area contributed by atoms with Crippen molar-refractivity contribution in [3.63, 3.8) is 0 Å². The molecule has 0 aliphatic carbocycles. The van der Waals surface area contributed by atoms with E-state index < -0.39 is 49.1 Å². The van der Waals surface area contributed by atoms with Crippen LogP contribution in [0.2, 0.25) is 0 Å². The van der Waals surface area contributed by atoms with Gasteiger partial charge in [0.25, 0.3) is 0 Å². The predicted molar refractivity (Wildman–Crippen MR) is 124 cm³/mol. The minimum atomic E-state index is -3.81. The molecule has 1 aromatic heterocycles. The van der Waals surface area contributed by atoms with E-state index >= 15 is 0 Å². The van der Waals surface area contributed by atoms with Crippen molar-refractivity contribution in [1.29, 1.82) is 0 Å². The Morgan fingerprint density at radius 1 is 1.17 bits per heavy atom. The first-order valence-electron chi connectivity index (χ1n) is 10.8. The molecular formula is C23H20F2N4O6Se. The molecule has 2 aliphatic heterocycles. The second kappa shape index (κ2) is 9.26. The third-order valence-corrected chi connectivity index (χ3v) is 8.24. The van der Waals surface area contributed by atoms with E-state index in [0.717, 1.165) is 10.5 Å². The number of nitrogens with one attached hydrogen (secondary N) is 2. The molecule has 0 saturated carbocycles. The van der Waals surface area contributed by atoms with Crippen molar-refractivity contribution in [2.75, 3.05) is 6.61 Å². The SMILES string of the molecule is O=C(NC1C=CN(C2O[C@@H](CO)[C@@H](O)C2(F)F)C(=O)N1)c1ccc(-n2[se]c3ccccc3c2=O)cc1. The van der Waals surface area contributed by atoms with Crippen LogP contribution in [0.5, 0.6) is 0 Å². The van der Waals surface area contributed by atoms with Gasteiger partial charge in [-0.1, -0.05) is 0 Å². The van der Waals surface area contributed by atoms with E-state index in [1.54, 1.807) is 33.9 Å². The van der Waals surface area contributed by atoms with Gasteiger partial charge in [-0.25, -0.2) is 0 Å². The fraction of sp³-hybridized carbons (Fsp3) is 0.261. The number of urea groups is 1. The molecule has 36 heavy (non-hydrogen) atoms. The number of ether oxygens (including phenoxy) is 1. The van der Waals surface area contributed by atoms with E-state index in [2.05, 4.69) is 10.6 Å². The van der Waals surface area contributed by atoms with Gasteiger partial charge in [-0.15, -0.1) is 0 Å². The molecule has 3 amide bonds. The molecular weight excluding hydrogens is 545 g/mol. The summed E-state index contributed by atoms with van der Waals surface area (Å²) in [4.78, 5) is 38.3. The summed E-state index contributed by atoms with van der Waals surface area (Å²) < 4.78 is 36.3. The minimum absolute atomic E-state index is 0.0999. The summed E-state index contributed by atoms with van der Waals surface area (Å²) in [5.74, 6) is -4.35. The molecule has 1 saturated heterocycles. The molecule has 3 aromatic rings. The number of aliphatic hydroxyl groups excluding tert-OH is 2. The van der Waals surface area contributed by atoms with Crippen LogP contribution in [0.15, 0.2) is 65.6 Å². The fourth-order valence-electron chi connectivity index (χ4n) is 4.00. The number of amides is 3. The number of carbonyl (C=O) groups excluding carboxylic acids is 2. The van der Waals surface area contributed by atoms with E-state index in [4.69, 9.17) is 9.84 Å². The van der Waals surface area contributed by atoms with Crippen LogP contribution in [0.1, 0.15) is 10.4 Å². The molecule has 1 fully saturated rings. The van der Waals surface area contributed by atoms with Gasteiger partial charge in [0.1, 0.15) is 6.10 Å². The molecule has 2 aliphatic rings. The van der Waals surface area contributed by atoms with Gasteiger partial charge in [-0.05, 0) is 0 Å². The number of alkyl halides is 2. The summed E-state index contributed by atoms with van der Waals surface area (Å²) in [6.45, 7) is -0.844. The van der Waals surface area contributed by atoms with Crippen LogP contribution in [-0.4, -0.2) is 82.5 Å². The molecule has 2 aromatic carbocycles. The molecule has 0 spiro atoms. The van der Waals surface area contributed by atoms with Crippen molar-refractivity contribution in [3.05, 3.63) is 76.7 Å². The molecule has 13 heteroatoms. The van der Waals surface area contributed by atoms with Gasteiger partial charge in [0.2, 0.25) is 0 Å². The topological polar surface area (TPSA) is 133 Å². The van der Waals surface area contributed by atoms with E-state index in [0.29, 0.717) is 16.0 Å². The maximum atomic E-state index is 14.3. The molecule has 2 unspecified atom stereocenters. The quantitative estimate of drug-likeness (QED) is 0.331. The summed E-state index contributed by atoms with van der Waals surface area (Å²) in [6.07, 6.45) is -4.64. The van der Waals surface area contributed by atoms with Gasteiger partial charge < -0.3 is 14.9 Å². The van der Waals surface area contributed by atoms with Crippen molar-refractivity contribution in [3.8, 4) is 5.69 Å². The molecule has 0 bridgehead atoms. The second-order valence-electron chi connectivity index (χ2n) is 8.21.